The first-order valence-corrected chi connectivity index (χ1v) is 8.82. The topological polar surface area (TPSA) is 76.4 Å². The highest BCUT2D eigenvalue weighted by Crippen LogP contribution is 2.62. The fourth-order valence-corrected chi connectivity index (χ4v) is 4.94. The van der Waals surface area contributed by atoms with Crippen LogP contribution in [0.25, 0.3) is 0 Å². The summed E-state index contributed by atoms with van der Waals surface area (Å²) in [6.07, 6.45) is 0.331. The molecule has 5 heteroatoms. The average molecular weight is 333 g/mol. The van der Waals surface area contributed by atoms with Crippen molar-refractivity contribution in [3.8, 4) is 6.07 Å². The Labute approximate surface area is 143 Å². The van der Waals surface area contributed by atoms with E-state index >= 15 is 0 Å². The summed E-state index contributed by atoms with van der Waals surface area (Å²) in [5, 5.41) is 9.45. The molecule has 1 aliphatic heterocycles. The molecular formula is C19H27NO4. The zero-order valence-electron chi connectivity index (χ0n) is 15.4. The van der Waals surface area contributed by atoms with E-state index in [1.54, 1.807) is 0 Å². The van der Waals surface area contributed by atoms with Gasteiger partial charge < -0.3 is 9.47 Å². The molecule has 1 heterocycles. The van der Waals surface area contributed by atoms with Crippen LogP contribution < -0.4 is 0 Å². The van der Waals surface area contributed by atoms with Crippen molar-refractivity contribution in [2.75, 3.05) is 0 Å². The molecule has 24 heavy (non-hydrogen) atoms. The fourth-order valence-electron chi connectivity index (χ4n) is 4.94. The lowest BCUT2D eigenvalue weighted by atomic mass is 9.61. The first kappa shape index (κ1) is 17.3. The summed E-state index contributed by atoms with van der Waals surface area (Å²) in [6, 6.07) is 2.18. The first-order chi connectivity index (χ1) is 11.0. The predicted molar refractivity (Wildman–Crippen MR) is 86.4 cm³/mol. The number of rotatable bonds is 3. The summed E-state index contributed by atoms with van der Waals surface area (Å²) in [5.41, 5.74) is -1.88. The lowest BCUT2D eigenvalue weighted by molar-refractivity contribution is -0.181. The number of hydrogen-bond donors (Lipinski definition) is 0. The number of hydrogen-bond acceptors (Lipinski definition) is 5. The molecule has 0 aromatic carbocycles. The van der Waals surface area contributed by atoms with Crippen molar-refractivity contribution in [1.29, 1.82) is 5.26 Å². The summed E-state index contributed by atoms with van der Waals surface area (Å²) < 4.78 is 11.4. The van der Waals surface area contributed by atoms with Crippen molar-refractivity contribution < 1.29 is 19.1 Å². The minimum Gasteiger partial charge on any atom is -0.458 e. The van der Waals surface area contributed by atoms with Crippen molar-refractivity contribution in [2.45, 2.75) is 66.6 Å². The molecule has 0 aromatic rings. The Morgan fingerprint density at radius 1 is 1.38 bits per heavy atom. The van der Waals surface area contributed by atoms with Crippen LogP contribution in [0.1, 0.15) is 54.4 Å². The van der Waals surface area contributed by atoms with Gasteiger partial charge in [0.2, 0.25) is 0 Å². The molecule has 0 radical (unpaired) electrons. The number of nitrogens with zero attached hydrogens (tertiary/aromatic N) is 1. The van der Waals surface area contributed by atoms with Gasteiger partial charge in [0.05, 0.1) is 11.5 Å². The van der Waals surface area contributed by atoms with Crippen LogP contribution in [0.2, 0.25) is 0 Å². The van der Waals surface area contributed by atoms with Crippen LogP contribution >= 0.6 is 0 Å². The SMILES string of the molecule is CC(C)C(C)(C(=O)OC1C2CC3C1OC(=O)C3(C#N)C2)C(C)(C)C. The third-order valence-corrected chi connectivity index (χ3v) is 7.15. The van der Waals surface area contributed by atoms with Gasteiger partial charge in [-0.2, -0.15) is 5.26 Å². The Bertz CT molecular complexity index is 628. The van der Waals surface area contributed by atoms with Crippen LogP contribution in [-0.2, 0) is 19.1 Å². The van der Waals surface area contributed by atoms with Crippen molar-refractivity contribution in [3.05, 3.63) is 0 Å². The quantitative estimate of drug-likeness (QED) is 0.742. The molecule has 0 N–H and O–H groups in total. The standard InChI is InChI=1S/C19H27NO4/c1-10(2)18(6,17(3,4)5)15(21)23-13-11-7-12-14(13)24-16(22)19(12,8-11)9-20/h10-14H,7-8H2,1-6H3. The lowest BCUT2D eigenvalue weighted by Gasteiger charge is -2.44. The van der Waals surface area contributed by atoms with Crippen molar-refractivity contribution in [2.24, 2.45) is 34.0 Å². The molecule has 0 aromatic heterocycles. The maximum atomic E-state index is 13.1. The van der Waals surface area contributed by atoms with Gasteiger partial charge in [-0.05, 0) is 31.1 Å². The van der Waals surface area contributed by atoms with Crippen LogP contribution in [0.4, 0.5) is 0 Å². The van der Waals surface area contributed by atoms with Gasteiger partial charge in [0.25, 0.3) is 0 Å². The van der Waals surface area contributed by atoms with Gasteiger partial charge in [0, 0.05) is 11.8 Å². The molecule has 2 bridgehead atoms. The molecule has 0 spiro atoms. The maximum absolute atomic E-state index is 13.1. The minimum atomic E-state index is -0.996. The van der Waals surface area contributed by atoms with Crippen molar-refractivity contribution >= 4 is 11.9 Å². The Morgan fingerprint density at radius 3 is 2.50 bits per heavy atom. The van der Waals surface area contributed by atoms with E-state index in [4.69, 9.17) is 9.47 Å². The number of nitriles is 1. The normalized spacial score (nSPS) is 39.5. The Hall–Kier alpha value is -1.57. The molecule has 3 aliphatic rings. The summed E-state index contributed by atoms with van der Waals surface area (Å²) in [5.74, 6) is -0.617. The van der Waals surface area contributed by atoms with E-state index in [1.165, 1.54) is 0 Å². The maximum Gasteiger partial charge on any atom is 0.327 e. The molecule has 0 amide bonds. The highest BCUT2D eigenvalue weighted by molar-refractivity contribution is 5.85. The van der Waals surface area contributed by atoms with Gasteiger partial charge in [-0.15, -0.1) is 0 Å². The van der Waals surface area contributed by atoms with Gasteiger partial charge >= 0.3 is 11.9 Å². The fraction of sp³-hybridized carbons (Fsp3) is 0.842. The molecule has 6 unspecified atom stereocenters. The predicted octanol–water partition coefficient (Wildman–Crippen LogP) is 3.08. The third kappa shape index (κ3) is 1.92. The molecule has 5 nitrogen and oxygen atoms in total. The lowest BCUT2D eigenvalue weighted by Crippen LogP contribution is -2.49. The van der Waals surface area contributed by atoms with E-state index in [0.717, 1.165) is 6.42 Å². The van der Waals surface area contributed by atoms with E-state index in [-0.39, 0.29) is 29.1 Å². The summed E-state index contributed by atoms with van der Waals surface area (Å²) >= 11 is 0. The third-order valence-electron chi connectivity index (χ3n) is 7.15. The largest absolute Gasteiger partial charge is 0.458 e. The van der Waals surface area contributed by atoms with Gasteiger partial charge in [0.1, 0.15) is 12.2 Å². The molecular weight excluding hydrogens is 306 g/mol. The summed E-state index contributed by atoms with van der Waals surface area (Å²) in [4.78, 5) is 25.2. The van der Waals surface area contributed by atoms with Gasteiger partial charge in [0.15, 0.2) is 5.41 Å². The second kappa shape index (κ2) is 4.97. The second-order valence-electron chi connectivity index (χ2n) is 9.24. The van der Waals surface area contributed by atoms with Gasteiger partial charge in [-0.3, -0.25) is 9.59 Å². The van der Waals surface area contributed by atoms with E-state index in [2.05, 4.69) is 6.07 Å². The number of carbonyl (C=O) groups excluding carboxylic acids is 2. The second-order valence-corrected chi connectivity index (χ2v) is 9.24. The molecule has 3 rings (SSSR count). The number of carbonyl (C=O) groups is 2. The molecule has 6 atom stereocenters. The van der Waals surface area contributed by atoms with Crippen LogP contribution in [0.3, 0.4) is 0 Å². The van der Waals surface area contributed by atoms with Gasteiger partial charge in [-0.1, -0.05) is 34.6 Å². The van der Waals surface area contributed by atoms with E-state index in [9.17, 15) is 14.9 Å². The average Bonchev–Trinajstić information content (AvgIpc) is 3.06. The molecule has 2 aliphatic carbocycles. The monoisotopic (exact) mass is 333 g/mol. The Kier molecular flexibility index (Phi) is 3.57. The number of esters is 2. The number of fused-ring (bicyclic) bond motifs is 1. The van der Waals surface area contributed by atoms with Crippen molar-refractivity contribution in [3.63, 3.8) is 0 Å². The molecule has 2 saturated carbocycles. The van der Waals surface area contributed by atoms with Crippen LogP contribution in [0.15, 0.2) is 0 Å². The smallest absolute Gasteiger partial charge is 0.327 e. The van der Waals surface area contributed by atoms with Gasteiger partial charge in [-0.25, -0.2) is 0 Å². The van der Waals surface area contributed by atoms with Crippen molar-refractivity contribution in [1.82, 2.24) is 0 Å². The summed E-state index contributed by atoms with van der Waals surface area (Å²) in [6.45, 7) is 12.2. The van der Waals surface area contributed by atoms with E-state index in [1.807, 2.05) is 41.5 Å². The Balaban J connectivity index is 1.83. The number of ether oxygens (including phenoxy) is 2. The van der Waals surface area contributed by atoms with Crippen LogP contribution in [-0.4, -0.2) is 24.1 Å². The van der Waals surface area contributed by atoms with Crippen LogP contribution in [0, 0.1) is 45.3 Å². The first-order valence-electron chi connectivity index (χ1n) is 8.82. The van der Waals surface area contributed by atoms with E-state index in [0.29, 0.717) is 6.42 Å². The zero-order valence-corrected chi connectivity index (χ0v) is 15.4. The Morgan fingerprint density at radius 2 is 2.00 bits per heavy atom. The highest BCUT2D eigenvalue weighted by atomic mass is 16.6. The highest BCUT2D eigenvalue weighted by Gasteiger charge is 2.72. The molecule has 1 saturated heterocycles. The molecule has 3 fully saturated rings. The van der Waals surface area contributed by atoms with E-state index < -0.39 is 29.0 Å². The minimum absolute atomic E-state index is 0.0476. The molecule has 132 valence electrons. The van der Waals surface area contributed by atoms with Crippen LogP contribution in [0.5, 0.6) is 0 Å². The summed E-state index contributed by atoms with van der Waals surface area (Å²) in [7, 11) is 0. The zero-order chi connectivity index (χ0) is 18.1.